The summed E-state index contributed by atoms with van der Waals surface area (Å²) in [5, 5.41) is 4.77. The quantitative estimate of drug-likeness (QED) is 0.777. The van der Waals surface area contributed by atoms with Crippen LogP contribution in [0.3, 0.4) is 0 Å². The van der Waals surface area contributed by atoms with Crippen molar-refractivity contribution in [2.75, 3.05) is 0 Å². The Bertz CT molecular complexity index is 235. The molecule has 0 bridgehead atoms. The van der Waals surface area contributed by atoms with Gasteiger partial charge in [0, 0.05) is 13.1 Å². The van der Waals surface area contributed by atoms with E-state index in [0.717, 1.165) is 23.6 Å². The Balaban J connectivity index is 2.62. The molecule has 1 rings (SSSR count). The molecule has 0 radical (unpaired) electrons. The second-order valence-electron chi connectivity index (χ2n) is 3.08. The predicted octanol–water partition coefficient (Wildman–Crippen LogP) is 1.35. The third-order valence-electron chi connectivity index (χ3n) is 1.85. The Kier molecular flexibility index (Phi) is 3.12. The van der Waals surface area contributed by atoms with Crippen LogP contribution >= 0.6 is 11.6 Å². The second kappa shape index (κ2) is 3.92. The lowest BCUT2D eigenvalue weighted by Crippen LogP contribution is -2.16. The van der Waals surface area contributed by atoms with Gasteiger partial charge >= 0.3 is 0 Å². The Hall–Kier alpha value is -0.540. The summed E-state index contributed by atoms with van der Waals surface area (Å²) in [4.78, 5) is 0. The molecule has 0 aliphatic rings. The molecule has 0 aliphatic carbocycles. The maximum Gasteiger partial charge on any atom is 0.0817 e. The van der Waals surface area contributed by atoms with Crippen molar-refractivity contribution in [1.82, 2.24) is 9.78 Å². The first kappa shape index (κ1) is 9.55. The molecule has 0 amide bonds. The zero-order valence-corrected chi connectivity index (χ0v) is 8.17. The summed E-state index contributed by atoms with van der Waals surface area (Å²) >= 11 is 5.90. The summed E-state index contributed by atoms with van der Waals surface area (Å²) in [7, 11) is 1.89. The molecule has 0 aromatic carbocycles. The fourth-order valence-corrected chi connectivity index (χ4v) is 1.34. The average molecular weight is 188 g/mol. The second-order valence-corrected chi connectivity index (χ2v) is 3.49. The topological polar surface area (TPSA) is 43.8 Å². The lowest BCUT2D eigenvalue weighted by molar-refractivity contribution is 0.624. The number of nitrogens with zero attached hydrogens (tertiary/aromatic N) is 2. The van der Waals surface area contributed by atoms with Gasteiger partial charge in [-0.25, -0.2) is 0 Å². The first-order valence-corrected chi connectivity index (χ1v) is 4.41. The van der Waals surface area contributed by atoms with Crippen LogP contribution in [0.15, 0.2) is 6.20 Å². The highest BCUT2D eigenvalue weighted by molar-refractivity contribution is 6.31. The summed E-state index contributed by atoms with van der Waals surface area (Å²) in [6.45, 7) is 1.99. The van der Waals surface area contributed by atoms with Crippen LogP contribution in [0.25, 0.3) is 0 Å². The number of aryl methyl sites for hydroxylation is 1. The highest BCUT2D eigenvalue weighted by Crippen LogP contribution is 2.15. The molecule has 0 saturated heterocycles. The van der Waals surface area contributed by atoms with E-state index in [1.807, 2.05) is 14.0 Å². The molecule has 1 aromatic heterocycles. The van der Waals surface area contributed by atoms with Crippen molar-refractivity contribution < 1.29 is 0 Å². The van der Waals surface area contributed by atoms with Crippen LogP contribution in [0.1, 0.15) is 19.0 Å². The smallest absolute Gasteiger partial charge is 0.0817 e. The van der Waals surface area contributed by atoms with Crippen molar-refractivity contribution in [3.63, 3.8) is 0 Å². The molecular weight excluding hydrogens is 174 g/mol. The highest BCUT2D eigenvalue weighted by atomic mass is 35.5. The summed E-state index contributed by atoms with van der Waals surface area (Å²) in [6.07, 6.45) is 3.50. The third-order valence-corrected chi connectivity index (χ3v) is 2.16. The summed E-state index contributed by atoms with van der Waals surface area (Å²) in [5.74, 6) is 0. The van der Waals surface area contributed by atoms with Crippen molar-refractivity contribution >= 4 is 11.6 Å². The van der Waals surface area contributed by atoms with Crippen molar-refractivity contribution in [2.24, 2.45) is 12.8 Å². The Morgan fingerprint density at radius 1 is 1.75 bits per heavy atom. The van der Waals surface area contributed by atoms with E-state index in [-0.39, 0.29) is 6.04 Å². The molecule has 4 heteroatoms. The van der Waals surface area contributed by atoms with Crippen molar-refractivity contribution in [3.8, 4) is 0 Å². The van der Waals surface area contributed by atoms with E-state index in [1.54, 1.807) is 10.9 Å². The molecule has 2 N–H and O–H groups in total. The monoisotopic (exact) mass is 187 g/mol. The van der Waals surface area contributed by atoms with Gasteiger partial charge in [0.1, 0.15) is 0 Å². The fraction of sp³-hybridized carbons (Fsp3) is 0.625. The first-order chi connectivity index (χ1) is 5.61. The molecule has 0 fully saturated rings. The van der Waals surface area contributed by atoms with E-state index in [0.29, 0.717) is 0 Å². The summed E-state index contributed by atoms with van der Waals surface area (Å²) < 4.78 is 1.80. The van der Waals surface area contributed by atoms with Gasteiger partial charge in [-0.2, -0.15) is 5.10 Å². The zero-order valence-electron chi connectivity index (χ0n) is 7.42. The molecular formula is C8H14ClN3. The van der Waals surface area contributed by atoms with Gasteiger partial charge in [-0.3, -0.25) is 4.68 Å². The molecule has 0 spiro atoms. The van der Waals surface area contributed by atoms with Crippen molar-refractivity contribution in [1.29, 1.82) is 0 Å². The number of hydrogen-bond acceptors (Lipinski definition) is 2. The van der Waals surface area contributed by atoms with Gasteiger partial charge in [0.05, 0.1) is 16.9 Å². The van der Waals surface area contributed by atoms with E-state index in [9.17, 15) is 0 Å². The Labute approximate surface area is 77.5 Å². The van der Waals surface area contributed by atoms with E-state index < -0.39 is 0 Å². The van der Waals surface area contributed by atoms with Crippen LogP contribution in [0.5, 0.6) is 0 Å². The zero-order chi connectivity index (χ0) is 9.14. The maximum atomic E-state index is 5.90. The largest absolute Gasteiger partial charge is 0.328 e. The number of nitrogens with two attached hydrogens (primary N) is 1. The molecule has 0 saturated carbocycles. The molecule has 1 heterocycles. The third kappa shape index (κ3) is 2.22. The average Bonchev–Trinajstić information content (AvgIpc) is 2.28. The van der Waals surface area contributed by atoms with E-state index >= 15 is 0 Å². The lowest BCUT2D eigenvalue weighted by Gasteiger charge is -2.05. The van der Waals surface area contributed by atoms with Gasteiger partial charge in [0.2, 0.25) is 0 Å². The maximum absolute atomic E-state index is 5.90. The van der Waals surface area contributed by atoms with Crippen LogP contribution in [0.4, 0.5) is 0 Å². The predicted molar refractivity (Wildman–Crippen MR) is 50.2 cm³/mol. The lowest BCUT2D eigenvalue weighted by atomic mass is 10.1. The Morgan fingerprint density at radius 2 is 2.42 bits per heavy atom. The van der Waals surface area contributed by atoms with Crippen molar-refractivity contribution in [3.05, 3.63) is 16.9 Å². The first-order valence-electron chi connectivity index (χ1n) is 4.03. The SMILES string of the molecule is CC(N)CCc1c(Cl)cnn1C. The molecule has 0 aliphatic heterocycles. The summed E-state index contributed by atoms with van der Waals surface area (Å²) in [5.41, 5.74) is 6.70. The van der Waals surface area contributed by atoms with Gasteiger partial charge in [-0.05, 0) is 19.8 Å². The number of rotatable bonds is 3. The summed E-state index contributed by atoms with van der Waals surface area (Å²) in [6, 6.07) is 0.218. The van der Waals surface area contributed by atoms with Gasteiger partial charge in [-0.1, -0.05) is 11.6 Å². The fourth-order valence-electron chi connectivity index (χ4n) is 1.08. The standard InChI is InChI=1S/C8H14ClN3/c1-6(10)3-4-8-7(9)5-11-12(8)2/h5-6H,3-4,10H2,1-2H3. The van der Waals surface area contributed by atoms with Gasteiger partial charge < -0.3 is 5.73 Å². The number of hydrogen-bond donors (Lipinski definition) is 1. The molecule has 1 atom stereocenters. The molecule has 68 valence electrons. The van der Waals surface area contributed by atoms with E-state index in [2.05, 4.69) is 5.10 Å². The van der Waals surface area contributed by atoms with Gasteiger partial charge in [0.15, 0.2) is 0 Å². The Morgan fingerprint density at radius 3 is 2.83 bits per heavy atom. The minimum absolute atomic E-state index is 0.218. The normalized spacial score (nSPS) is 13.3. The highest BCUT2D eigenvalue weighted by Gasteiger charge is 2.06. The number of aromatic nitrogens is 2. The van der Waals surface area contributed by atoms with Gasteiger partial charge in [0.25, 0.3) is 0 Å². The van der Waals surface area contributed by atoms with Crippen LogP contribution in [-0.4, -0.2) is 15.8 Å². The van der Waals surface area contributed by atoms with Gasteiger partial charge in [-0.15, -0.1) is 0 Å². The van der Waals surface area contributed by atoms with Crippen LogP contribution in [-0.2, 0) is 13.5 Å². The molecule has 12 heavy (non-hydrogen) atoms. The van der Waals surface area contributed by atoms with Crippen LogP contribution in [0, 0.1) is 0 Å². The molecule has 1 aromatic rings. The molecule has 1 unspecified atom stereocenters. The van der Waals surface area contributed by atoms with Crippen LogP contribution < -0.4 is 5.73 Å². The number of halogens is 1. The van der Waals surface area contributed by atoms with Crippen LogP contribution in [0.2, 0.25) is 5.02 Å². The minimum Gasteiger partial charge on any atom is -0.328 e. The van der Waals surface area contributed by atoms with Crippen molar-refractivity contribution in [2.45, 2.75) is 25.8 Å². The molecule has 3 nitrogen and oxygen atoms in total. The van der Waals surface area contributed by atoms with E-state index in [1.165, 1.54) is 0 Å². The minimum atomic E-state index is 0.218. The van der Waals surface area contributed by atoms with E-state index in [4.69, 9.17) is 17.3 Å².